The average molecular weight is 418 g/mol. The van der Waals surface area contributed by atoms with Crippen LogP contribution in [0.4, 0.5) is 4.39 Å². The summed E-state index contributed by atoms with van der Waals surface area (Å²) in [5.41, 5.74) is 3.28. The van der Waals surface area contributed by atoms with Gasteiger partial charge in [-0.15, -0.1) is 0 Å². The van der Waals surface area contributed by atoms with E-state index in [1.165, 1.54) is 11.8 Å². The number of hydrogen-bond acceptors (Lipinski definition) is 1. The number of alkyl halides is 1. The van der Waals surface area contributed by atoms with Gasteiger partial charge in [-0.2, -0.15) is 5.10 Å². The van der Waals surface area contributed by atoms with Gasteiger partial charge < -0.3 is 0 Å². The molecule has 0 saturated carbocycles. The summed E-state index contributed by atoms with van der Waals surface area (Å²) in [6.07, 6.45) is 1.73. The minimum absolute atomic E-state index is 0.184. The van der Waals surface area contributed by atoms with Crippen LogP contribution in [-0.2, 0) is 19.4 Å². The van der Waals surface area contributed by atoms with Crippen LogP contribution in [0, 0.1) is 5.82 Å². The molecule has 1 unspecified atom stereocenters. The van der Waals surface area contributed by atoms with E-state index in [1.54, 1.807) is 12.1 Å². The predicted octanol–water partition coefficient (Wildman–Crippen LogP) is 5.09. The van der Waals surface area contributed by atoms with Gasteiger partial charge >= 0.3 is 0 Å². The van der Waals surface area contributed by atoms with Crippen molar-refractivity contribution in [3.05, 3.63) is 51.5 Å². The van der Waals surface area contributed by atoms with Crippen LogP contribution in [0.2, 0.25) is 0 Å². The molecule has 0 aliphatic heterocycles. The Kier molecular flexibility index (Phi) is 5.99. The zero-order valence-corrected chi connectivity index (χ0v) is 15.4. The molecule has 2 rings (SSSR count). The monoisotopic (exact) mass is 416 g/mol. The van der Waals surface area contributed by atoms with Crippen molar-refractivity contribution in [2.24, 2.45) is 0 Å². The smallest absolute Gasteiger partial charge is 0.123 e. The molecule has 21 heavy (non-hydrogen) atoms. The number of halogens is 3. The molecule has 2 nitrogen and oxygen atoms in total. The molecule has 0 radical (unpaired) electrons. The van der Waals surface area contributed by atoms with E-state index in [0.29, 0.717) is 0 Å². The lowest BCUT2D eigenvalue weighted by molar-refractivity contribution is 0.589. The van der Waals surface area contributed by atoms with E-state index < -0.39 is 0 Å². The molecule has 1 heterocycles. The van der Waals surface area contributed by atoms with Crippen molar-refractivity contribution in [1.29, 1.82) is 0 Å². The van der Waals surface area contributed by atoms with Crippen molar-refractivity contribution < 1.29 is 4.39 Å². The fraction of sp³-hybridized carbons (Fsp3) is 0.438. The molecule has 0 spiro atoms. The number of nitrogens with zero attached hydrogens (tertiary/aromatic N) is 2. The first-order chi connectivity index (χ1) is 10.1. The Morgan fingerprint density at radius 1 is 1.33 bits per heavy atom. The molecule has 1 aromatic heterocycles. The van der Waals surface area contributed by atoms with Crippen molar-refractivity contribution in [3.8, 4) is 0 Å². The highest BCUT2D eigenvalue weighted by Gasteiger charge is 2.19. The van der Waals surface area contributed by atoms with Crippen LogP contribution >= 0.6 is 31.9 Å². The summed E-state index contributed by atoms with van der Waals surface area (Å²) in [7, 11) is 0. The lowest BCUT2D eigenvalue weighted by atomic mass is 9.96. The van der Waals surface area contributed by atoms with E-state index in [1.807, 2.05) is 10.7 Å². The molecule has 0 N–H and O–H groups in total. The second-order valence-corrected chi connectivity index (χ2v) is 6.43. The lowest BCUT2D eigenvalue weighted by Crippen LogP contribution is -2.10. The summed E-state index contributed by atoms with van der Waals surface area (Å²) < 4.78 is 16.6. The first kappa shape index (κ1) is 16.7. The number of aryl methyl sites for hydroxylation is 2. The molecule has 1 aromatic carbocycles. The van der Waals surface area contributed by atoms with Crippen LogP contribution in [0.25, 0.3) is 0 Å². The summed E-state index contributed by atoms with van der Waals surface area (Å²) in [6.45, 7) is 5.03. The molecule has 0 aliphatic carbocycles. The zero-order valence-electron chi connectivity index (χ0n) is 12.2. The van der Waals surface area contributed by atoms with Crippen LogP contribution < -0.4 is 0 Å². The lowest BCUT2D eigenvalue weighted by Gasteiger charge is -2.16. The average Bonchev–Trinajstić information content (AvgIpc) is 2.80. The van der Waals surface area contributed by atoms with Gasteiger partial charge in [0.25, 0.3) is 0 Å². The van der Waals surface area contributed by atoms with Crippen LogP contribution in [0.1, 0.15) is 36.7 Å². The van der Waals surface area contributed by atoms with Gasteiger partial charge in [0.1, 0.15) is 5.82 Å². The van der Waals surface area contributed by atoms with Gasteiger partial charge in [-0.3, -0.25) is 4.68 Å². The van der Waals surface area contributed by atoms with Gasteiger partial charge in [-0.25, -0.2) is 4.39 Å². The zero-order chi connectivity index (χ0) is 15.4. The standard InChI is InChI=1S/C16H19Br2FN2/c1-3-14-16(18)15(21(4-2)20-14)9-12(10-17)11-6-5-7-13(19)8-11/h5-8,12H,3-4,9-10H2,1-2H3. The third kappa shape index (κ3) is 3.75. The Morgan fingerprint density at radius 2 is 2.10 bits per heavy atom. The molecule has 114 valence electrons. The van der Waals surface area contributed by atoms with Crippen molar-refractivity contribution >= 4 is 31.9 Å². The second-order valence-electron chi connectivity index (χ2n) is 4.99. The highest BCUT2D eigenvalue weighted by Crippen LogP contribution is 2.29. The normalized spacial score (nSPS) is 12.6. The third-order valence-electron chi connectivity index (χ3n) is 3.64. The van der Waals surface area contributed by atoms with Gasteiger partial charge in [-0.1, -0.05) is 35.0 Å². The maximum absolute atomic E-state index is 13.4. The van der Waals surface area contributed by atoms with Crippen LogP contribution in [-0.4, -0.2) is 15.1 Å². The summed E-state index contributed by atoms with van der Waals surface area (Å²) in [5, 5.41) is 5.42. The molecule has 5 heteroatoms. The fourth-order valence-corrected chi connectivity index (χ4v) is 3.80. The number of hydrogen-bond donors (Lipinski definition) is 0. The van der Waals surface area contributed by atoms with E-state index in [-0.39, 0.29) is 11.7 Å². The fourth-order valence-electron chi connectivity index (χ4n) is 2.47. The highest BCUT2D eigenvalue weighted by molar-refractivity contribution is 9.10. The van der Waals surface area contributed by atoms with Gasteiger partial charge in [-0.05, 0) is 59.3 Å². The molecule has 0 saturated heterocycles. The van der Waals surface area contributed by atoms with E-state index in [4.69, 9.17) is 0 Å². The van der Waals surface area contributed by atoms with E-state index >= 15 is 0 Å². The van der Waals surface area contributed by atoms with Crippen molar-refractivity contribution in [3.63, 3.8) is 0 Å². The Hall–Kier alpha value is -0.680. The van der Waals surface area contributed by atoms with E-state index in [9.17, 15) is 4.39 Å². The quantitative estimate of drug-likeness (QED) is 0.598. The van der Waals surface area contributed by atoms with Gasteiger partial charge in [0.05, 0.1) is 15.9 Å². The molecule has 0 fully saturated rings. The minimum Gasteiger partial charge on any atom is -0.268 e. The number of benzene rings is 1. The first-order valence-corrected chi connectivity index (χ1v) is 9.07. The first-order valence-electron chi connectivity index (χ1n) is 7.16. The molecule has 1 atom stereocenters. The summed E-state index contributed by atoms with van der Waals surface area (Å²) in [4.78, 5) is 0. The molecule has 0 amide bonds. The van der Waals surface area contributed by atoms with Crippen molar-refractivity contribution in [2.45, 2.75) is 39.2 Å². The maximum atomic E-state index is 13.4. The van der Waals surface area contributed by atoms with Crippen molar-refractivity contribution in [1.82, 2.24) is 9.78 Å². The number of aromatic nitrogens is 2. The maximum Gasteiger partial charge on any atom is 0.123 e. The van der Waals surface area contributed by atoms with Gasteiger partial charge in [0.15, 0.2) is 0 Å². The summed E-state index contributed by atoms with van der Waals surface area (Å²) >= 11 is 7.24. The van der Waals surface area contributed by atoms with Crippen LogP contribution in [0.3, 0.4) is 0 Å². The van der Waals surface area contributed by atoms with Crippen molar-refractivity contribution in [2.75, 3.05) is 5.33 Å². The molecular formula is C16H19Br2FN2. The largest absolute Gasteiger partial charge is 0.268 e. The molecule has 2 aromatic rings. The Morgan fingerprint density at radius 3 is 2.67 bits per heavy atom. The Balaban J connectivity index is 2.32. The summed E-state index contributed by atoms with van der Waals surface area (Å²) in [5.74, 6) is 0.0412. The van der Waals surface area contributed by atoms with Crippen LogP contribution in [0.5, 0.6) is 0 Å². The highest BCUT2D eigenvalue weighted by atomic mass is 79.9. The second kappa shape index (κ2) is 7.54. The Labute approximate surface area is 142 Å². The predicted molar refractivity (Wildman–Crippen MR) is 91.6 cm³/mol. The Bertz CT molecular complexity index is 610. The SMILES string of the molecule is CCc1nn(CC)c(CC(CBr)c2cccc(F)c2)c1Br. The van der Waals surface area contributed by atoms with Crippen LogP contribution in [0.15, 0.2) is 28.7 Å². The van der Waals surface area contributed by atoms with Gasteiger partial charge in [0, 0.05) is 11.9 Å². The molecular weight excluding hydrogens is 399 g/mol. The number of rotatable bonds is 6. The third-order valence-corrected chi connectivity index (χ3v) is 5.34. The minimum atomic E-state index is -0.184. The molecule has 0 aliphatic rings. The van der Waals surface area contributed by atoms with E-state index in [0.717, 1.165) is 40.4 Å². The molecule has 0 bridgehead atoms. The topological polar surface area (TPSA) is 17.8 Å². The summed E-state index contributed by atoms with van der Waals surface area (Å²) in [6, 6.07) is 6.85. The van der Waals surface area contributed by atoms with E-state index in [2.05, 4.69) is 50.8 Å². The van der Waals surface area contributed by atoms with Gasteiger partial charge in [0.2, 0.25) is 0 Å².